The molecule has 134 valence electrons. The second-order valence-electron chi connectivity index (χ2n) is 5.70. The molecule has 0 spiro atoms. The molecule has 1 aromatic carbocycles. The highest BCUT2D eigenvalue weighted by Crippen LogP contribution is 2.23. The summed E-state index contributed by atoms with van der Waals surface area (Å²) in [5.74, 6) is -1.24. The number of carboxylic acids is 1. The highest BCUT2D eigenvalue weighted by Gasteiger charge is 2.19. The number of carboxylic acid groups (broad SMARTS) is 1. The van der Waals surface area contributed by atoms with E-state index < -0.39 is 17.8 Å². The van der Waals surface area contributed by atoms with Crippen molar-refractivity contribution < 1.29 is 23.5 Å². The number of rotatable bonds is 9. The molecule has 0 unspecified atom stereocenters. The summed E-state index contributed by atoms with van der Waals surface area (Å²) in [6, 6.07) is 5.30. The lowest BCUT2D eigenvalue weighted by molar-refractivity contribution is -0.142. The van der Waals surface area contributed by atoms with Gasteiger partial charge in [-0.1, -0.05) is 31.9 Å². The average molecular weight is 348 g/mol. The number of nitrogens with one attached hydrogen (secondary N) is 1. The Hall–Kier alpha value is -2.70. The summed E-state index contributed by atoms with van der Waals surface area (Å²) in [6.45, 7) is 1.95. The van der Waals surface area contributed by atoms with E-state index >= 15 is 0 Å². The predicted octanol–water partition coefficient (Wildman–Crippen LogP) is 3.17. The number of aryl methyl sites for hydroxylation is 1. The second kappa shape index (κ2) is 8.96. The summed E-state index contributed by atoms with van der Waals surface area (Å²) in [6.07, 6.45) is 3.65. The van der Waals surface area contributed by atoms with Crippen molar-refractivity contribution in [2.24, 2.45) is 0 Å². The first-order chi connectivity index (χ1) is 12.0. The maximum Gasteiger partial charge on any atom is 0.326 e. The summed E-state index contributed by atoms with van der Waals surface area (Å²) < 4.78 is 19.2. The molecule has 1 atom stereocenters. The van der Waals surface area contributed by atoms with E-state index in [1.54, 1.807) is 18.2 Å². The quantitative estimate of drug-likeness (QED) is 0.726. The van der Waals surface area contributed by atoms with Crippen LogP contribution in [0.5, 0.6) is 0 Å². The minimum absolute atomic E-state index is 0.0487. The molecule has 1 amide bonds. The number of carbonyl (C=O) groups is 2. The fourth-order valence-electron chi connectivity index (χ4n) is 2.36. The van der Waals surface area contributed by atoms with Gasteiger partial charge in [0.1, 0.15) is 11.9 Å². The Morgan fingerprint density at radius 2 is 2.12 bits per heavy atom. The molecule has 0 radical (unpaired) electrons. The standard InChI is InChI=1S/C18H21FN2O4/c1-2-3-8-14(18(23)24)21-16(22)9-10-17-20-11-15(25-17)12-6-4-5-7-13(12)19/h4-7,11,14H,2-3,8-10H2,1H3,(H,21,22)(H,23,24)/t14-/m0/s1. The molecule has 2 aromatic rings. The molecule has 1 aromatic heterocycles. The van der Waals surface area contributed by atoms with Gasteiger partial charge in [-0.3, -0.25) is 4.79 Å². The molecule has 1 heterocycles. The van der Waals surface area contributed by atoms with Crippen molar-refractivity contribution in [2.45, 2.75) is 45.1 Å². The maximum absolute atomic E-state index is 13.7. The molecule has 0 aliphatic rings. The van der Waals surface area contributed by atoms with Crippen molar-refractivity contribution in [3.63, 3.8) is 0 Å². The number of aromatic nitrogens is 1. The van der Waals surface area contributed by atoms with Crippen LogP contribution in [-0.2, 0) is 16.0 Å². The summed E-state index contributed by atoms with van der Waals surface area (Å²) >= 11 is 0. The van der Waals surface area contributed by atoms with Crippen LogP contribution in [0.1, 0.15) is 38.5 Å². The van der Waals surface area contributed by atoms with Crippen molar-refractivity contribution in [3.05, 3.63) is 42.2 Å². The zero-order chi connectivity index (χ0) is 18.2. The number of benzene rings is 1. The van der Waals surface area contributed by atoms with Crippen molar-refractivity contribution in [2.75, 3.05) is 0 Å². The van der Waals surface area contributed by atoms with Crippen molar-refractivity contribution >= 4 is 11.9 Å². The Morgan fingerprint density at radius 3 is 2.80 bits per heavy atom. The fourth-order valence-corrected chi connectivity index (χ4v) is 2.36. The lowest BCUT2D eigenvalue weighted by Crippen LogP contribution is -2.40. The molecular weight excluding hydrogens is 327 g/mol. The van der Waals surface area contributed by atoms with E-state index in [0.29, 0.717) is 23.6 Å². The second-order valence-corrected chi connectivity index (χ2v) is 5.70. The molecule has 7 heteroatoms. The van der Waals surface area contributed by atoms with E-state index in [1.807, 2.05) is 6.92 Å². The van der Waals surface area contributed by atoms with Crippen LogP contribution < -0.4 is 5.32 Å². The van der Waals surface area contributed by atoms with Crippen LogP contribution in [0.3, 0.4) is 0 Å². The zero-order valence-electron chi connectivity index (χ0n) is 14.0. The van der Waals surface area contributed by atoms with Gasteiger partial charge in [-0.05, 0) is 18.6 Å². The SMILES string of the molecule is CCCC[C@H](NC(=O)CCc1ncc(-c2ccccc2F)o1)C(=O)O. The van der Waals surface area contributed by atoms with Gasteiger partial charge in [0.15, 0.2) is 11.7 Å². The minimum atomic E-state index is -1.04. The van der Waals surface area contributed by atoms with Gasteiger partial charge in [-0.2, -0.15) is 0 Å². The van der Waals surface area contributed by atoms with E-state index in [0.717, 1.165) is 12.8 Å². The number of amides is 1. The van der Waals surface area contributed by atoms with Crippen molar-refractivity contribution in [1.82, 2.24) is 10.3 Å². The Labute approximate surface area is 145 Å². The lowest BCUT2D eigenvalue weighted by Gasteiger charge is -2.13. The number of aliphatic carboxylic acids is 1. The zero-order valence-corrected chi connectivity index (χ0v) is 14.0. The normalized spacial score (nSPS) is 11.9. The number of unbranched alkanes of at least 4 members (excludes halogenated alkanes) is 1. The molecule has 6 nitrogen and oxygen atoms in total. The fraction of sp³-hybridized carbons (Fsp3) is 0.389. The van der Waals surface area contributed by atoms with E-state index in [4.69, 9.17) is 9.52 Å². The van der Waals surface area contributed by atoms with Gasteiger partial charge in [-0.25, -0.2) is 14.2 Å². The molecular formula is C18H21FN2O4. The Kier molecular flexibility index (Phi) is 6.68. The number of hydrogen-bond acceptors (Lipinski definition) is 4. The van der Waals surface area contributed by atoms with Gasteiger partial charge in [0.25, 0.3) is 0 Å². The first-order valence-corrected chi connectivity index (χ1v) is 8.23. The molecule has 0 aliphatic heterocycles. The van der Waals surface area contributed by atoms with E-state index in [1.165, 1.54) is 12.3 Å². The molecule has 0 aliphatic carbocycles. The van der Waals surface area contributed by atoms with Crippen LogP contribution in [0, 0.1) is 5.82 Å². The van der Waals surface area contributed by atoms with Crippen LogP contribution in [-0.4, -0.2) is 28.0 Å². The molecule has 0 bridgehead atoms. The summed E-state index contributed by atoms with van der Waals surface area (Å²) in [5, 5.41) is 11.6. The molecule has 2 rings (SSSR count). The third-order valence-electron chi connectivity index (χ3n) is 3.74. The maximum atomic E-state index is 13.7. The smallest absolute Gasteiger partial charge is 0.326 e. The average Bonchev–Trinajstić information content (AvgIpc) is 3.05. The van der Waals surface area contributed by atoms with Crippen molar-refractivity contribution in [3.8, 4) is 11.3 Å². The highest BCUT2D eigenvalue weighted by molar-refractivity contribution is 5.83. The minimum Gasteiger partial charge on any atom is -0.480 e. The molecule has 0 saturated carbocycles. The number of carbonyl (C=O) groups excluding carboxylic acids is 1. The molecule has 2 N–H and O–H groups in total. The van der Waals surface area contributed by atoms with Crippen LogP contribution in [0.15, 0.2) is 34.9 Å². The van der Waals surface area contributed by atoms with Gasteiger partial charge in [0, 0.05) is 12.8 Å². The number of nitrogens with zero attached hydrogens (tertiary/aromatic N) is 1. The van der Waals surface area contributed by atoms with Crippen molar-refractivity contribution in [1.29, 1.82) is 0 Å². The predicted molar refractivity (Wildman–Crippen MR) is 89.3 cm³/mol. The monoisotopic (exact) mass is 348 g/mol. The Morgan fingerprint density at radius 1 is 1.36 bits per heavy atom. The highest BCUT2D eigenvalue weighted by atomic mass is 19.1. The van der Waals surface area contributed by atoms with Gasteiger partial charge >= 0.3 is 5.97 Å². The van der Waals surface area contributed by atoms with Gasteiger partial charge in [0.05, 0.1) is 11.8 Å². The summed E-state index contributed by atoms with van der Waals surface area (Å²) in [7, 11) is 0. The van der Waals surface area contributed by atoms with Gasteiger partial charge in [0.2, 0.25) is 5.91 Å². The van der Waals surface area contributed by atoms with E-state index in [9.17, 15) is 14.0 Å². The third-order valence-corrected chi connectivity index (χ3v) is 3.74. The molecule has 0 saturated heterocycles. The molecule has 0 fully saturated rings. The molecule has 25 heavy (non-hydrogen) atoms. The lowest BCUT2D eigenvalue weighted by atomic mass is 10.1. The Bertz CT molecular complexity index is 729. The summed E-state index contributed by atoms with van der Waals surface area (Å²) in [4.78, 5) is 27.1. The summed E-state index contributed by atoms with van der Waals surface area (Å²) in [5.41, 5.74) is 0.302. The van der Waals surface area contributed by atoms with E-state index in [2.05, 4.69) is 10.3 Å². The first-order valence-electron chi connectivity index (χ1n) is 8.23. The Balaban J connectivity index is 1.90. The van der Waals surface area contributed by atoms with Gasteiger partial charge < -0.3 is 14.8 Å². The first kappa shape index (κ1) is 18.6. The number of oxazole rings is 1. The van der Waals surface area contributed by atoms with Crippen LogP contribution >= 0.6 is 0 Å². The van der Waals surface area contributed by atoms with Gasteiger partial charge in [-0.15, -0.1) is 0 Å². The topological polar surface area (TPSA) is 92.4 Å². The van der Waals surface area contributed by atoms with Crippen LogP contribution in [0.25, 0.3) is 11.3 Å². The van der Waals surface area contributed by atoms with E-state index in [-0.39, 0.29) is 18.7 Å². The largest absolute Gasteiger partial charge is 0.480 e. The van der Waals surface area contributed by atoms with Crippen LogP contribution in [0.4, 0.5) is 4.39 Å². The number of halogens is 1. The third kappa shape index (κ3) is 5.41. The van der Waals surface area contributed by atoms with Crippen LogP contribution in [0.2, 0.25) is 0 Å². The number of hydrogen-bond donors (Lipinski definition) is 2.